The van der Waals surface area contributed by atoms with Gasteiger partial charge in [-0.15, -0.1) is 0 Å². The van der Waals surface area contributed by atoms with Gasteiger partial charge in [-0.1, -0.05) is 26.0 Å². The lowest BCUT2D eigenvalue weighted by Gasteiger charge is -2.15. The highest BCUT2D eigenvalue weighted by atomic mass is 19.1. The van der Waals surface area contributed by atoms with Crippen molar-refractivity contribution in [3.63, 3.8) is 0 Å². The predicted molar refractivity (Wildman–Crippen MR) is 65.6 cm³/mol. The van der Waals surface area contributed by atoms with Crippen LogP contribution in [0.4, 0.5) is 4.39 Å². The van der Waals surface area contributed by atoms with Gasteiger partial charge >= 0.3 is 0 Å². The lowest BCUT2D eigenvalue weighted by atomic mass is 10.2. The first-order valence-electron chi connectivity index (χ1n) is 5.82. The largest absolute Gasteiger partial charge is 0.487 e. The smallest absolute Gasteiger partial charge is 0.165 e. The Bertz CT molecular complexity index is 353. The van der Waals surface area contributed by atoms with E-state index in [-0.39, 0.29) is 12.4 Å². The monoisotopic (exact) mass is 241 g/mol. The average molecular weight is 241 g/mol. The first kappa shape index (κ1) is 13.9. The number of aliphatic hydroxyl groups excluding tert-OH is 1. The van der Waals surface area contributed by atoms with Gasteiger partial charge in [0, 0.05) is 18.2 Å². The summed E-state index contributed by atoms with van der Waals surface area (Å²) in [6, 6.07) is 5.15. The van der Waals surface area contributed by atoms with E-state index in [0.29, 0.717) is 12.6 Å². The standard InChI is InChI=1S/C13H20FNO2/c1-9(2)15-7-11-5-4-6-12(14)13(11)17-8-10(3)16/h4-6,9-10,15-16H,7-8H2,1-3H3. The van der Waals surface area contributed by atoms with E-state index >= 15 is 0 Å². The quantitative estimate of drug-likeness (QED) is 0.801. The summed E-state index contributed by atoms with van der Waals surface area (Å²) in [4.78, 5) is 0. The number of ether oxygens (including phenoxy) is 1. The maximum atomic E-state index is 13.6. The molecule has 0 saturated heterocycles. The number of hydrogen-bond donors (Lipinski definition) is 2. The molecule has 0 fully saturated rings. The highest BCUT2D eigenvalue weighted by molar-refractivity contribution is 5.35. The first-order valence-corrected chi connectivity index (χ1v) is 5.82. The van der Waals surface area contributed by atoms with E-state index in [9.17, 15) is 4.39 Å². The van der Waals surface area contributed by atoms with Crippen molar-refractivity contribution in [3.05, 3.63) is 29.6 Å². The predicted octanol–water partition coefficient (Wildman–Crippen LogP) is 2.08. The maximum Gasteiger partial charge on any atom is 0.165 e. The van der Waals surface area contributed by atoms with Crippen LogP contribution in [-0.2, 0) is 6.54 Å². The molecule has 2 N–H and O–H groups in total. The summed E-state index contributed by atoms with van der Waals surface area (Å²) in [5.74, 6) is -0.171. The third-order valence-corrected chi connectivity index (χ3v) is 2.22. The number of halogens is 1. The molecule has 0 saturated carbocycles. The van der Waals surface area contributed by atoms with Crippen molar-refractivity contribution < 1.29 is 14.2 Å². The van der Waals surface area contributed by atoms with Gasteiger partial charge in [0.2, 0.25) is 0 Å². The molecule has 0 spiro atoms. The van der Waals surface area contributed by atoms with Crippen LogP contribution in [0, 0.1) is 5.82 Å². The van der Waals surface area contributed by atoms with Crippen LogP contribution < -0.4 is 10.1 Å². The third-order valence-electron chi connectivity index (χ3n) is 2.22. The summed E-state index contributed by atoms with van der Waals surface area (Å²) in [5, 5.41) is 12.4. The van der Waals surface area contributed by atoms with E-state index in [1.54, 1.807) is 13.0 Å². The van der Waals surface area contributed by atoms with E-state index in [2.05, 4.69) is 5.32 Å². The van der Waals surface area contributed by atoms with Crippen molar-refractivity contribution in [1.29, 1.82) is 0 Å². The van der Waals surface area contributed by atoms with E-state index < -0.39 is 11.9 Å². The number of para-hydroxylation sites is 1. The zero-order valence-corrected chi connectivity index (χ0v) is 10.5. The fraction of sp³-hybridized carbons (Fsp3) is 0.538. The summed E-state index contributed by atoms with van der Waals surface area (Å²) in [6.45, 7) is 6.29. The normalized spacial score (nSPS) is 12.8. The SMILES string of the molecule is CC(O)COc1c(F)cccc1CNC(C)C. The molecular weight excluding hydrogens is 221 g/mol. The average Bonchev–Trinajstić information content (AvgIpc) is 2.24. The van der Waals surface area contributed by atoms with Crippen LogP contribution in [0.1, 0.15) is 26.3 Å². The van der Waals surface area contributed by atoms with Gasteiger partial charge in [-0.05, 0) is 13.0 Å². The molecule has 0 aliphatic heterocycles. The maximum absolute atomic E-state index is 13.6. The van der Waals surface area contributed by atoms with Gasteiger partial charge in [-0.2, -0.15) is 0 Å². The molecule has 4 heteroatoms. The number of aliphatic hydroxyl groups is 1. The highest BCUT2D eigenvalue weighted by Crippen LogP contribution is 2.22. The Balaban J connectivity index is 2.76. The molecule has 0 bridgehead atoms. The van der Waals surface area contributed by atoms with Crippen molar-refractivity contribution >= 4 is 0 Å². The van der Waals surface area contributed by atoms with Crippen molar-refractivity contribution in [2.24, 2.45) is 0 Å². The molecule has 17 heavy (non-hydrogen) atoms. The third kappa shape index (κ3) is 4.71. The number of hydrogen-bond acceptors (Lipinski definition) is 3. The minimum absolute atomic E-state index is 0.0929. The summed E-state index contributed by atoms with van der Waals surface area (Å²) < 4.78 is 18.9. The molecule has 0 aliphatic carbocycles. The summed E-state index contributed by atoms with van der Waals surface area (Å²) in [7, 11) is 0. The van der Waals surface area contributed by atoms with Crippen LogP contribution in [0.5, 0.6) is 5.75 Å². The van der Waals surface area contributed by atoms with Crippen molar-refractivity contribution in [1.82, 2.24) is 5.32 Å². The van der Waals surface area contributed by atoms with Gasteiger partial charge in [0.05, 0.1) is 6.10 Å². The number of rotatable bonds is 6. The minimum atomic E-state index is -0.611. The molecule has 3 nitrogen and oxygen atoms in total. The Morgan fingerprint density at radius 3 is 2.65 bits per heavy atom. The van der Waals surface area contributed by atoms with E-state index in [1.807, 2.05) is 19.9 Å². The molecule has 1 unspecified atom stereocenters. The van der Waals surface area contributed by atoms with Gasteiger partial charge in [-0.25, -0.2) is 4.39 Å². The van der Waals surface area contributed by atoms with Crippen LogP contribution in [-0.4, -0.2) is 23.9 Å². The second kappa shape index (κ2) is 6.57. The molecule has 0 amide bonds. The molecule has 1 aromatic carbocycles. The van der Waals surface area contributed by atoms with E-state index in [1.165, 1.54) is 6.07 Å². The molecular formula is C13H20FNO2. The minimum Gasteiger partial charge on any atom is -0.487 e. The van der Waals surface area contributed by atoms with E-state index in [4.69, 9.17) is 9.84 Å². The van der Waals surface area contributed by atoms with Gasteiger partial charge in [-0.3, -0.25) is 0 Å². The Labute approximate surface area is 102 Å². The lowest BCUT2D eigenvalue weighted by Crippen LogP contribution is -2.23. The number of benzene rings is 1. The fourth-order valence-corrected chi connectivity index (χ4v) is 1.37. The first-order chi connectivity index (χ1) is 8.00. The van der Waals surface area contributed by atoms with Crippen molar-refractivity contribution in [2.75, 3.05) is 6.61 Å². The zero-order valence-electron chi connectivity index (χ0n) is 10.5. The van der Waals surface area contributed by atoms with Gasteiger partial charge in [0.25, 0.3) is 0 Å². The highest BCUT2D eigenvalue weighted by Gasteiger charge is 2.11. The van der Waals surface area contributed by atoms with Crippen LogP contribution in [0.15, 0.2) is 18.2 Å². The summed E-state index contributed by atoms with van der Waals surface area (Å²) in [5.41, 5.74) is 0.763. The molecule has 0 radical (unpaired) electrons. The topological polar surface area (TPSA) is 41.5 Å². The van der Waals surface area contributed by atoms with Crippen molar-refractivity contribution in [3.8, 4) is 5.75 Å². The fourth-order valence-electron chi connectivity index (χ4n) is 1.37. The Morgan fingerprint density at radius 1 is 1.35 bits per heavy atom. The van der Waals surface area contributed by atoms with Gasteiger partial charge in [0.1, 0.15) is 6.61 Å². The van der Waals surface area contributed by atoms with Gasteiger partial charge < -0.3 is 15.2 Å². The Morgan fingerprint density at radius 2 is 2.06 bits per heavy atom. The summed E-state index contributed by atoms with van der Waals surface area (Å²) in [6.07, 6.45) is -0.611. The molecule has 0 aromatic heterocycles. The summed E-state index contributed by atoms with van der Waals surface area (Å²) >= 11 is 0. The second-order valence-electron chi connectivity index (χ2n) is 4.42. The van der Waals surface area contributed by atoms with E-state index in [0.717, 1.165) is 5.56 Å². The molecule has 96 valence electrons. The van der Waals surface area contributed by atoms with Crippen LogP contribution in [0.25, 0.3) is 0 Å². The lowest BCUT2D eigenvalue weighted by molar-refractivity contribution is 0.119. The van der Waals surface area contributed by atoms with Crippen molar-refractivity contribution in [2.45, 2.75) is 39.5 Å². The molecule has 1 atom stereocenters. The Kier molecular flexibility index (Phi) is 5.38. The van der Waals surface area contributed by atoms with Crippen LogP contribution in [0.2, 0.25) is 0 Å². The van der Waals surface area contributed by atoms with Crippen LogP contribution >= 0.6 is 0 Å². The molecule has 1 rings (SSSR count). The second-order valence-corrected chi connectivity index (χ2v) is 4.42. The zero-order chi connectivity index (χ0) is 12.8. The molecule has 1 aromatic rings. The number of nitrogens with one attached hydrogen (secondary N) is 1. The van der Waals surface area contributed by atoms with Gasteiger partial charge in [0.15, 0.2) is 11.6 Å². The molecule has 0 aliphatic rings. The molecule has 0 heterocycles. The van der Waals surface area contributed by atoms with Crippen LogP contribution in [0.3, 0.4) is 0 Å². The Hall–Kier alpha value is -1.13.